The fourth-order valence-electron chi connectivity index (χ4n) is 10.3. The Kier molecular flexibility index (Phi) is 11.6. The van der Waals surface area contributed by atoms with E-state index in [1.54, 1.807) is 0 Å². The predicted octanol–water partition coefficient (Wildman–Crippen LogP) is 17.7. The number of fused-ring (bicyclic) bond motifs is 3. The number of anilines is 9. The molecular formula is C66H52N4. The molecule has 0 saturated heterocycles. The third-order valence-corrected chi connectivity index (χ3v) is 13.8. The van der Waals surface area contributed by atoms with E-state index in [1.807, 2.05) is 0 Å². The summed E-state index contributed by atoms with van der Waals surface area (Å²) in [4.78, 5) is 9.63. The Bertz CT molecular complexity index is 3490. The second-order valence-electron chi connectivity index (χ2n) is 18.1. The summed E-state index contributed by atoms with van der Waals surface area (Å²) in [7, 11) is 0. The first kappa shape index (κ1) is 42.5. The number of allylic oxidation sites excluding steroid dienone is 8. The van der Waals surface area contributed by atoms with Crippen LogP contribution in [0.2, 0.25) is 0 Å². The minimum atomic E-state index is 0.0412. The van der Waals surface area contributed by atoms with Crippen molar-refractivity contribution in [2.75, 3.05) is 19.6 Å². The Morgan fingerprint density at radius 2 is 0.743 bits per heavy atom. The summed E-state index contributed by atoms with van der Waals surface area (Å²) in [6.45, 7) is 0. The molecule has 3 aliphatic carbocycles. The van der Waals surface area contributed by atoms with E-state index in [4.69, 9.17) is 0 Å². The van der Waals surface area contributed by atoms with Crippen LogP contribution in [-0.4, -0.2) is 6.04 Å². The van der Waals surface area contributed by atoms with Gasteiger partial charge in [0.05, 0.1) is 6.04 Å². The molecule has 9 aromatic carbocycles. The van der Waals surface area contributed by atoms with Gasteiger partial charge in [-0.1, -0.05) is 158 Å². The number of hydrogen-bond acceptors (Lipinski definition) is 4. The molecule has 3 aliphatic rings. The molecule has 0 fully saturated rings. The number of rotatable bonds is 12. The molecule has 0 bridgehead atoms. The van der Waals surface area contributed by atoms with Crippen LogP contribution in [-0.2, 0) is 0 Å². The third-order valence-electron chi connectivity index (χ3n) is 13.8. The molecule has 0 N–H and O–H groups in total. The van der Waals surface area contributed by atoms with Crippen LogP contribution in [0.4, 0.5) is 51.2 Å². The van der Waals surface area contributed by atoms with E-state index in [0.717, 1.165) is 69.7 Å². The van der Waals surface area contributed by atoms with Gasteiger partial charge >= 0.3 is 0 Å². The number of nitrogens with zero attached hydrogens (tertiary/aromatic N) is 4. The van der Waals surface area contributed by atoms with Gasteiger partial charge in [-0.25, -0.2) is 0 Å². The maximum absolute atomic E-state index is 2.50. The van der Waals surface area contributed by atoms with Crippen molar-refractivity contribution in [2.45, 2.75) is 18.9 Å². The zero-order valence-electron chi connectivity index (χ0n) is 38.9. The van der Waals surface area contributed by atoms with Gasteiger partial charge in [0, 0.05) is 68.5 Å². The fraction of sp³-hybridized carbons (Fsp3) is 0.0606. The van der Waals surface area contributed by atoms with Gasteiger partial charge in [0.1, 0.15) is 0 Å². The van der Waals surface area contributed by atoms with Gasteiger partial charge in [0.25, 0.3) is 0 Å². The normalized spacial score (nSPS) is 16.0. The van der Waals surface area contributed by atoms with E-state index in [2.05, 4.69) is 299 Å². The largest absolute Gasteiger partial charge is 0.334 e. The molecule has 0 spiro atoms. The first-order valence-corrected chi connectivity index (χ1v) is 24.4. The molecule has 4 heteroatoms. The molecule has 2 unspecified atom stereocenters. The molecular weight excluding hydrogens is 849 g/mol. The smallest absolute Gasteiger partial charge is 0.0561 e. The fourth-order valence-corrected chi connectivity index (χ4v) is 10.3. The van der Waals surface area contributed by atoms with Gasteiger partial charge in [-0.15, -0.1) is 0 Å². The van der Waals surface area contributed by atoms with Crippen molar-refractivity contribution in [3.05, 3.63) is 296 Å². The number of benzene rings is 9. The second kappa shape index (κ2) is 19.0. The molecule has 0 saturated carbocycles. The summed E-state index contributed by atoms with van der Waals surface area (Å²) in [5.74, 6) is 0.423. The van der Waals surface area contributed by atoms with Crippen LogP contribution < -0.4 is 19.6 Å². The van der Waals surface area contributed by atoms with E-state index in [-0.39, 0.29) is 6.04 Å². The van der Waals surface area contributed by atoms with Crippen molar-refractivity contribution in [2.24, 2.45) is 5.92 Å². The Hall–Kier alpha value is -8.86. The molecule has 0 aromatic heterocycles. The van der Waals surface area contributed by atoms with Crippen molar-refractivity contribution < 1.29 is 0 Å². The van der Waals surface area contributed by atoms with Gasteiger partial charge < -0.3 is 19.6 Å². The maximum Gasteiger partial charge on any atom is 0.0561 e. The molecule has 336 valence electrons. The average molecular weight is 901 g/mol. The first-order valence-electron chi connectivity index (χ1n) is 24.4. The van der Waals surface area contributed by atoms with Crippen LogP contribution >= 0.6 is 0 Å². The summed E-state index contributed by atoms with van der Waals surface area (Å²) in [5, 5.41) is 4.89. The highest BCUT2D eigenvalue weighted by Crippen LogP contribution is 2.42. The lowest BCUT2D eigenvalue weighted by Crippen LogP contribution is -2.31. The highest BCUT2D eigenvalue weighted by Gasteiger charge is 2.26. The summed E-state index contributed by atoms with van der Waals surface area (Å²) in [5.41, 5.74) is 13.8. The molecule has 0 heterocycles. The van der Waals surface area contributed by atoms with E-state index < -0.39 is 0 Å². The van der Waals surface area contributed by atoms with Crippen molar-refractivity contribution >= 4 is 72.7 Å². The minimum Gasteiger partial charge on any atom is -0.334 e. The molecule has 4 nitrogen and oxygen atoms in total. The van der Waals surface area contributed by atoms with Crippen molar-refractivity contribution in [3.8, 4) is 0 Å². The van der Waals surface area contributed by atoms with Gasteiger partial charge in [0.15, 0.2) is 0 Å². The average Bonchev–Trinajstić information content (AvgIpc) is 3.43. The lowest BCUT2D eigenvalue weighted by molar-refractivity contribution is 0.768. The van der Waals surface area contributed by atoms with Gasteiger partial charge in [0.2, 0.25) is 0 Å². The topological polar surface area (TPSA) is 13.0 Å². The minimum absolute atomic E-state index is 0.0412. The summed E-state index contributed by atoms with van der Waals surface area (Å²) in [6, 6.07) is 81.1. The van der Waals surface area contributed by atoms with Crippen LogP contribution in [0.3, 0.4) is 0 Å². The summed E-state index contributed by atoms with van der Waals surface area (Å²) >= 11 is 0. The molecule has 0 radical (unpaired) electrons. The molecule has 0 amide bonds. The van der Waals surface area contributed by atoms with Gasteiger partial charge in [-0.3, -0.25) is 0 Å². The molecule has 0 aliphatic heterocycles. The lowest BCUT2D eigenvalue weighted by atomic mass is 9.87. The molecule has 9 aromatic rings. The zero-order valence-corrected chi connectivity index (χ0v) is 38.9. The van der Waals surface area contributed by atoms with Crippen LogP contribution in [0.1, 0.15) is 12.8 Å². The summed E-state index contributed by atoms with van der Waals surface area (Å²) in [6.07, 6.45) is 22.5. The van der Waals surface area contributed by atoms with E-state index in [9.17, 15) is 0 Å². The Morgan fingerprint density at radius 3 is 1.29 bits per heavy atom. The zero-order chi connectivity index (χ0) is 46.6. The Morgan fingerprint density at radius 1 is 0.314 bits per heavy atom. The van der Waals surface area contributed by atoms with Crippen molar-refractivity contribution in [1.29, 1.82) is 0 Å². The Labute approximate surface area is 411 Å². The van der Waals surface area contributed by atoms with Gasteiger partial charge in [-0.2, -0.15) is 0 Å². The standard InChI is InChI=1S/C66H52N4/c1-4-22-55(23-5-1)68(64-31-28-49-16-10-13-19-52(49)46-64)61-40-34-58(35-41-61)67(59-36-42-62(43-37-59)69(56-24-6-2-7-25-56)65-32-29-50-17-11-14-20-53(50)47-65)60-38-44-63(45-39-60)70(57-26-8-3-9-27-57)66-33-30-51-18-12-15-21-54(51)48-66/h1-29,31-36,38-48,51,59H,30,37H2. The van der Waals surface area contributed by atoms with E-state index in [0.29, 0.717) is 5.92 Å². The molecule has 12 rings (SSSR count). The van der Waals surface area contributed by atoms with E-state index in [1.165, 1.54) is 32.8 Å². The van der Waals surface area contributed by atoms with Crippen LogP contribution in [0.25, 0.3) is 21.5 Å². The predicted molar refractivity (Wildman–Crippen MR) is 297 cm³/mol. The molecule has 2 atom stereocenters. The first-order chi connectivity index (χ1) is 34.7. The number of hydrogen-bond donors (Lipinski definition) is 0. The highest BCUT2D eigenvalue weighted by atomic mass is 15.2. The van der Waals surface area contributed by atoms with Crippen LogP contribution in [0.15, 0.2) is 296 Å². The highest BCUT2D eigenvalue weighted by molar-refractivity contribution is 5.90. The van der Waals surface area contributed by atoms with Crippen molar-refractivity contribution in [3.63, 3.8) is 0 Å². The molecule has 70 heavy (non-hydrogen) atoms. The van der Waals surface area contributed by atoms with Crippen molar-refractivity contribution in [1.82, 2.24) is 0 Å². The quantitative estimate of drug-likeness (QED) is 0.121. The Balaban J connectivity index is 0.926. The van der Waals surface area contributed by atoms with Gasteiger partial charge in [-0.05, 0) is 161 Å². The van der Waals surface area contributed by atoms with Crippen LogP contribution in [0, 0.1) is 5.92 Å². The lowest BCUT2D eigenvalue weighted by Gasteiger charge is -2.36. The van der Waals surface area contributed by atoms with Crippen LogP contribution in [0.5, 0.6) is 0 Å². The monoisotopic (exact) mass is 900 g/mol. The maximum atomic E-state index is 2.50. The summed E-state index contributed by atoms with van der Waals surface area (Å²) < 4.78 is 0. The SMILES string of the molecule is C1=CC2=CC(N(c3ccccc3)c3ccc(N(c4ccc(N(c5ccccc5)c5ccc6ccccc6c5)cc4)C4C=CC(N(c5ccccc5)c5ccc6ccccc6c5)=CC4)cc3)=CCC2C=C1. The second-order valence-corrected chi connectivity index (χ2v) is 18.1. The third kappa shape index (κ3) is 8.52. The van der Waals surface area contributed by atoms with E-state index >= 15 is 0 Å². The number of para-hydroxylation sites is 3.